The average Bonchev–Trinajstić information content (AvgIpc) is 2.99. The van der Waals surface area contributed by atoms with Gasteiger partial charge in [0.15, 0.2) is 5.16 Å². The molecule has 144 valence electrons. The van der Waals surface area contributed by atoms with Crippen LogP contribution in [0.2, 0.25) is 0 Å². The predicted octanol–water partition coefficient (Wildman–Crippen LogP) is 3.56. The zero-order valence-electron chi connectivity index (χ0n) is 15.8. The summed E-state index contributed by atoms with van der Waals surface area (Å²) in [6.07, 6.45) is 6.14. The Morgan fingerprint density at radius 2 is 1.81 bits per heavy atom. The van der Waals surface area contributed by atoms with Crippen molar-refractivity contribution in [2.24, 2.45) is 0 Å². The summed E-state index contributed by atoms with van der Waals surface area (Å²) in [5.41, 5.74) is 7.63. The van der Waals surface area contributed by atoms with Gasteiger partial charge < -0.3 is 4.57 Å². The number of carbonyl (C=O) groups is 2. The van der Waals surface area contributed by atoms with Crippen LogP contribution in [0.15, 0.2) is 35.5 Å². The fourth-order valence-corrected chi connectivity index (χ4v) is 4.38. The highest BCUT2D eigenvalue weighted by atomic mass is 32.2. The summed E-state index contributed by atoms with van der Waals surface area (Å²) >= 11 is 1.42. The monoisotopic (exact) mass is 386 g/mol. The second-order valence-corrected chi connectivity index (χ2v) is 7.83. The maximum atomic E-state index is 12.1. The molecule has 1 heterocycles. The maximum Gasteiger partial charge on any atom is 0.269 e. The number of rotatable bonds is 5. The van der Waals surface area contributed by atoms with Gasteiger partial charge in [0.05, 0.1) is 11.4 Å². The third kappa shape index (κ3) is 4.91. The van der Waals surface area contributed by atoms with Crippen molar-refractivity contribution in [1.29, 1.82) is 0 Å². The molecule has 0 spiro atoms. The van der Waals surface area contributed by atoms with Gasteiger partial charge in [0.2, 0.25) is 5.91 Å². The first-order valence-corrected chi connectivity index (χ1v) is 10.4. The number of benzene rings is 1. The molecule has 0 atom stereocenters. The Morgan fingerprint density at radius 3 is 2.52 bits per heavy atom. The molecule has 1 aromatic heterocycles. The minimum absolute atomic E-state index is 0.206. The van der Waals surface area contributed by atoms with E-state index in [0.29, 0.717) is 11.6 Å². The van der Waals surface area contributed by atoms with Gasteiger partial charge in [-0.3, -0.25) is 20.4 Å². The summed E-state index contributed by atoms with van der Waals surface area (Å²) in [5.74, 6) is -0.375. The fourth-order valence-electron chi connectivity index (χ4n) is 3.42. The van der Waals surface area contributed by atoms with E-state index in [0.717, 1.165) is 10.9 Å². The zero-order valence-corrected chi connectivity index (χ0v) is 16.6. The van der Waals surface area contributed by atoms with Gasteiger partial charge in [-0.1, -0.05) is 49.2 Å². The van der Waals surface area contributed by atoms with Crippen molar-refractivity contribution in [1.82, 2.24) is 20.4 Å². The maximum absolute atomic E-state index is 12.1. The lowest BCUT2D eigenvalue weighted by atomic mass is 9.95. The zero-order chi connectivity index (χ0) is 19.2. The summed E-state index contributed by atoms with van der Waals surface area (Å²) in [6, 6.07) is 9.27. The third-order valence-electron chi connectivity index (χ3n) is 4.98. The number of nitrogens with zero attached hydrogens (tertiary/aromatic N) is 2. The van der Waals surface area contributed by atoms with Crippen LogP contribution in [0.3, 0.4) is 0 Å². The quantitative estimate of drug-likeness (QED) is 0.609. The van der Waals surface area contributed by atoms with Crippen LogP contribution in [0, 0.1) is 13.8 Å². The number of hydrazine groups is 1. The Morgan fingerprint density at radius 1 is 1.11 bits per heavy atom. The van der Waals surface area contributed by atoms with Gasteiger partial charge in [0.25, 0.3) is 5.91 Å². The van der Waals surface area contributed by atoms with Gasteiger partial charge in [-0.2, -0.15) is 0 Å². The third-order valence-corrected chi connectivity index (χ3v) is 5.93. The van der Waals surface area contributed by atoms with Crippen molar-refractivity contribution in [3.8, 4) is 0 Å². The molecule has 1 aromatic carbocycles. The van der Waals surface area contributed by atoms with E-state index in [9.17, 15) is 9.59 Å². The van der Waals surface area contributed by atoms with E-state index >= 15 is 0 Å². The average molecular weight is 387 g/mol. The number of carbonyl (C=O) groups excluding carboxylic acids is 2. The van der Waals surface area contributed by atoms with Crippen LogP contribution >= 0.6 is 11.8 Å². The molecule has 0 saturated heterocycles. The van der Waals surface area contributed by atoms with E-state index in [2.05, 4.69) is 27.3 Å². The normalized spacial score (nSPS) is 14.7. The molecule has 27 heavy (non-hydrogen) atoms. The molecule has 0 unspecified atom stereocenters. The highest BCUT2D eigenvalue weighted by molar-refractivity contribution is 7.99. The number of amides is 2. The number of thioether (sulfide) groups is 1. The Balaban J connectivity index is 1.56. The van der Waals surface area contributed by atoms with Crippen LogP contribution in [0.1, 0.15) is 59.9 Å². The fraction of sp³-hybridized carbons (Fsp3) is 0.450. The topological polar surface area (TPSA) is 76.0 Å². The van der Waals surface area contributed by atoms with E-state index in [1.54, 1.807) is 24.3 Å². The molecule has 1 saturated carbocycles. The summed E-state index contributed by atoms with van der Waals surface area (Å²) < 4.78 is 2.30. The summed E-state index contributed by atoms with van der Waals surface area (Å²) in [7, 11) is 0. The summed E-state index contributed by atoms with van der Waals surface area (Å²) in [6.45, 7) is 4.11. The first-order valence-electron chi connectivity index (χ1n) is 9.38. The van der Waals surface area contributed by atoms with Crippen LogP contribution in [-0.2, 0) is 4.79 Å². The Bertz CT molecular complexity index is 798. The van der Waals surface area contributed by atoms with Gasteiger partial charge in [0.1, 0.15) is 0 Å². The molecule has 3 rings (SSSR count). The van der Waals surface area contributed by atoms with E-state index in [1.807, 2.05) is 13.0 Å². The predicted molar refractivity (Wildman–Crippen MR) is 107 cm³/mol. The Kier molecular flexibility index (Phi) is 6.55. The lowest BCUT2D eigenvalue weighted by molar-refractivity contribution is -0.119. The number of hydrogen-bond donors (Lipinski definition) is 2. The molecule has 0 radical (unpaired) electrons. The van der Waals surface area contributed by atoms with Crippen LogP contribution in [0.4, 0.5) is 0 Å². The lowest BCUT2D eigenvalue weighted by Crippen LogP contribution is -2.42. The van der Waals surface area contributed by atoms with E-state index in [-0.39, 0.29) is 17.6 Å². The van der Waals surface area contributed by atoms with Crippen molar-refractivity contribution < 1.29 is 9.59 Å². The molecule has 6 nitrogen and oxygen atoms in total. The molecule has 2 aromatic rings. The first kappa shape index (κ1) is 19.5. The molecular formula is C20H26N4O2S. The largest absolute Gasteiger partial charge is 0.320 e. The minimum Gasteiger partial charge on any atom is -0.320 e. The molecule has 1 aliphatic carbocycles. The van der Waals surface area contributed by atoms with E-state index in [4.69, 9.17) is 0 Å². The van der Waals surface area contributed by atoms with E-state index in [1.165, 1.54) is 49.6 Å². The molecule has 2 N–H and O–H groups in total. The minimum atomic E-state index is -0.329. The smallest absolute Gasteiger partial charge is 0.269 e. The Labute approximate surface area is 164 Å². The van der Waals surface area contributed by atoms with Crippen molar-refractivity contribution in [3.05, 3.63) is 47.3 Å². The highest BCUT2D eigenvalue weighted by Crippen LogP contribution is 2.34. The van der Waals surface area contributed by atoms with Crippen molar-refractivity contribution in [2.45, 2.75) is 57.1 Å². The molecular weight excluding hydrogens is 360 g/mol. The standard InChI is InChI=1S/C20H26N4O2S/c1-14-15(2)24(17-11-7-4-8-12-17)20(21-14)27-13-18(25)22-23-19(26)16-9-5-3-6-10-16/h3,5-6,9-10,17H,4,7-8,11-13H2,1-2H3,(H,22,25)(H,23,26). The van der Waals surface area contributed by atoms with Gasteiger partial charge in [-0.25, -0.2) is 4.98 Å². The number of aromatic nitrogens is 2. The number of imidazole rings is 1. The van der Waals surface area contributed by atoms with Crippen LogP contribution in [0.25, 0.3) is 0 Å². The SMILES string of the molecule is Cc1nc(SCC(=O)NNC(=O)c2ccccc2)n(C2CCCCC2)c1C. The summed E-state index contributed by atoms with van der Waals surface area (Å²) in [4.78, 5) is 28.8. The van der Waals surface area contributed by atoms with Gasteiger partial charge in [0, 0.05) is 17.3 Å². The second-order valence-electron chi connectivity index (χ2n) is 6.88. The highest BCUT2D eigenvalue weighted by Gasteiger charge is 2.22. The van der Waals surface area contributed by atoms with Crippen molar-refractivity contribution in [3.63, 3.8) is 0 Å². The van der Waals surface area contributed by atoms with Gasteiger partial charge in [-0.15, -0.1) is 0 Å². The van der Waals surface area contributed by atoms with Crippen LogP contribution < -0.4 is 10.9 Å². The van der Waals surface area contributed by atoms with Crippen LogP contribution in [-0.4, -0.2) is 27.1 Å². The van der Waals surface area contributed by atoms with Crippen molar-refractivity contribution >= 4 is 23.6 Å². The van der Waals surface area contributed by atoms with Gasteiger partial charge >= 0.3 is 0 Å². The van der Waals surface area contributed by atoms with Crippen LogP contribution in [0.5, 0.6) is 0 Å². The molecule has 2 amide bonds. The lowest BCUT2D eigenvalue weighted by Gasteiger charge is -2.26. The Hall–Kier alpha value is -2.28. The first-order chi connectivity index (χ1) is 13.1. The van der Waals surface area contributed by atoms with Gasteiger partial charge in [-0.05, 0) is 38.8 Å². The van der Waals surface area contributed by atoms with Crippen molar-refractivity contribution in [2.75, 3.05) is 5.75 Å². The number of aryl methyl sites for hydroxylation is 1. The van der Waals surface area contributed by atoms with E-state index < -0.39 is 0 Å². The number of nitrogens with one attached hydrogen (secondary N) is 2. The number of hydrogen-bond acceptors (Lipinski definition) is 4. The molecule has 1 fully saturated rings. The second kappa shape index (κ2) is 9.08. The molecule has 7 heteroatoms. The molecule has 1 aliphatic rings. The molecule has 0 bridgehead atoms. The molecule has 0 aliphatic heterocycles. The summed E-state index contributed by atoms with van der Waals surface area (Å²) in [5, 5.41) is 0.890.